The summed E-state index contributed by atoms with van der Waals surface area (Å²) in [5, 5.41) is 6.24. The summed E-state index contributed by atoms with van der Waals surface area (Å²) in [5.41, 5.74) is 3.44. The molecule has 0 atom stereocenters. The molecular formula is C16H18N2O. The minimum atomic E-state index is 0.0469. The molecule has 0 bridgehead atoms. The lowest BCUT2D eigenvalue weighted by atomic mass is 10.0. The fraction of sp³-hybridized carbons (Fsp3) is 0.188. The number of carbonyl (C=O) groups is 1. The Balaban J connectivity index is 2.18. The molecule has 0 radical (unpaired) electrons. The predicted octanol–water partition coefficient (Wildman–Crippen LogP) is 3.39. The molecule has 98 valence electrons. The van der Waals surface area contributed by atoms with Crippen LogP contribution in [0.2, 0.25) is 0 Å². The number of hydrogen-bond acceptors (Lipinski definition) is 3. The van der Waals surface area contributed by atoms with Crippen molar-refractivity contribution in [3.8, 4) is 0 Å². The van der Waals surface area contributed by atoms with Crippen molar-refractivity contribution in [3.05, 3.63) is 59.7 Å². The topological polar surface area (TPSA) is 41.1 Å². The Bertz CT molecular complexity index is 544. The molecule has 3 nitrogen and oxygen atoms in total. The van der Waals surface area contributed by atoms with Gasteiger partial charge in [-0.05, 0) is 55.5 Å². The number of benzene rings is 2. The molecule has 0 aliphatic carbocycles. The molecule has 2 aromatic carbocycles. The van der Waals surface area contributed by atoms with E-state index < -0.39 is 0 Å². The van der Waals surface area contributed by atoms with E-state index in [0.29, 0.717) is 11.1 Å². The summed E-state index contributed by atoms with van der Waals surface area (Å²) in [6.45, 7) is 2.92. The zero-order valence-electron chi connectivity index (χ0n) is 11.2. The van der Waals surface area contributed by atoms with Crippen LogP contribution in [0.5, 0.6) is 0 Å². The van der Waals surface area contributed by atoms with Crippen molar-refractivity contribution in [1.82, 2.24) is 0 Å². The van der Waals surface area contributed by atoms with E-state index in [1.165, 1.54) is 0 Å². The van der Waals surface area contributed by atoms with E-state index in [0.717, 1.165) is 17.9 Å². The maximum absolute atomic E-state index is 12.3. The molecule has 0 aromatic heterocycles. The zero-order valence-corrected chi connectivity index (χ0v) is 11.2. The SMILES string of the molecule is CCNc1ccc(C(=O)c2ccc(NC)cc2)cc1. The molecule has 3 heteroatoms. The second kappa shape index (κ2) is 6.05. The molecular weight excluding hydrogens is 236 g/mol. The van der Waals surface area contributed by atoms with Gasteiger partial charge in [0.15, 0.2) is 5.78 Å². The highest BCUT2D eigenvalue weighted by molar-refractivity contribution is 6.09. The van der Waals surface area contributed by atoms with E-state index >= 15 is 0 Å². The van der Waals surface area contributed by atoms with Crippen LogP contribution < -0.4 is 10.6 Å². The molecule has 0 unspecified atom stereocenters. The lowest BCUT2D eigenvalue weighted by Gasteiger charge is -2.06. The Kier molecular flexibility index (Phi) is 4.18. The number of anilines is 2. The number of carbonyl (C=O) groups excluding carboxylic acids is 1. The average molecular weight is 254 g/mol. The molecule has 2 rings (SSSR count). The number of hydrogen-bond donors (Lipinski definition) is 2. The first-order valence-electron chi connectivity index (χ1n) is 6.41. The summed E-state index contributed by atoms with van der Waals surface area (Å²) >= 11 is 0. The summed E-state index contributed by atoms with van der Waals surface area (Å²) in [6.07, 6.45) is 0. The first kappa shape index (κ1) is 13.1. The maximum Gasteiger partial charge on any atom is 0.193 e. The molecule has 2 N–H and O–H groups in total. The van der Waals surface area contributed by atoms with E-state index in [1.54, 1.807) is 0 Å². The maximum atomic E-state index is 12.3. The van der Waals surface area contributed by atoms with Crippen LogP contribution in [0.25, 0.3) is 0 Å². The highest BCUT2D eigenvalue weighted by Gasteiger charge is 2.08. The highest BCUT2D eigenvalue weighted by atomic mass is 16.1. The standard InChI is InChI=1S/C16H18N2O/c1-3-18-15-10-6-13(7-11-15)16(19)12-4-8-14(17-2)9-5-12/h4-11,17-18H,3H2,1-2H3. The van der Waals surface area contributed by atoms with E-state index in [2.05, 4.69) is 10.6 Å². The normalized spacial score (nSPS) is 10.0. The summed E-state index contributed by atoms with van der Waals surface area (Å²) in [7, 11) is 1.86. The van der Waals surface area contributed by atoms with Crippen molar-refractivity contribution < 1.29 is 4.79 Å². The second-order valence-corrected chi connectivity index (χ2v) is 4.26. The largest absolute Gasteiger partial charge is 0.388 e. The van der Waals surface area contributed by atoms with Crippen molar-refractivity contribution in [3.63, 3.8) is 0 Å². The van der Waals surface area contributed by atoms with Crippen LogP contribution in [0.15, 0.2) is 48.5 Å². The van der Waals surface area contributed by atoms with Gasteiger partial charge in [0.1, 0.15) is 0 Å². The van der Waals surface area contributed by atoms with E-state index in [-0.39, 0.29) is 5.78 Å². The molecule has 0 saturated heterocycles. The highest BCUT2D eigenvalue weighted by Crippen LogP contribution is 2.15. The number of ketones is 1. The van der Waals surface area contributed by atoms with E-state index in [1.807, 2.05) is 62.5 Å². The molecule has 0 heterocycles. The molecule has 19 heavy (non-hydrogen) atoms. The third-order valence-electron chi connectivity index (χ3n) is 2.96. The van der Waals surface area contributed by atoms with Gasteiger partial charge in [-0.15, -0.1) is 0 Å². The van der Waals surface area contributed by atoms with Crippen LogP contribution in [0.4, 0.5) is 11.4 Å². The van der Waals surface area contributed by atoms with Gasteiger partial charge in [-0.25, -0.2) is 0 Å². The third kappa shape index (κ3) is 3.13. The molecule has 0 aliphatic heterocycles. The molecule has 0 saturated carbocycles. The van der Waals surface area contributed by atoms with Gasteiger partial charge in [-0.1, -0.05) is 0 Å². The van der Waals surface area contributed by atoms with Gasteiger partial charge in [0.05, 0.1) is 0 Å². The third-order valence-corrected chi connectivity index (χ3v) is 2.96. The van der Waals surface area contributed by atoms with Gasteiger partial charge >= 0.3 is 0 Å². The fourth-order valence-corrected chi connectivity index (χ4v) is 1.90. The molecule has 0 aliphatic rings. The van der Waals surface area contributed by atoms with Crippen LogP contribution >= 0.6 is 0 Å². The zero-order chi connectivity index (χ0) is 13.7. The first-order valence-corrected chi connectivity index (χ1v) is 6.41. The molecule has 0 amide bonds. The average Bonchev–Trinajstić information content (AvgIpc) is 2.48. The summed E-state index contributed by atoms with van der Waals surface area (Å²) < 4.78 is 0. The Morgan fingerprint density at radius 1 is 0.895 bits per heavy atom. The van der Waals surface area contributed by atoms with Gasteiger partial charge in [0.25, 0.3) is 0 Å². The number of rotatable bonds is 5. The Morgan fingerprint density at radius 3 is 1.79 bits per heavy atom. The second-order valence-electron chi connectivity index (χ2n) is 4.26. The van der Waals surface area contributed by atoms with Crippen LogP contribution in [-0.2, 0) is 0 Å². The van der Waals surface area contributed by atoms with Crippen LogP contribution in [0, 0.1) is 0 Å². The van der Waals surface area contributed by atoms with Crippen molar-refractivity contribution in [2.24, 2.45) is 0 Å². The van der Waals surface area contributed by atoms with Gasteiger partial charge in [0.2, 0.25) is 0 Å². The minimum Gasteiger partial charge on any atom is -0.388 e. The Morgan fingerprint density at radius 2 is 1.37 bits per heavy atom. The van der Waals surface area contributed by atoms with Crippen LogP contribution in [0.3, 0.4) is 0 Å². The minimum absolute atomic E-state index is 0.0469. The Labute approximate surface area is 113 Å². The molecule has 0 fully saturated rings. The summed E-state index contributed by atoms with van der Waals surface area (Å²) in [4.78, 5) is 12.3. The van der Waals surface area contributed by atoms with Crippen LogP contribution in [0.1, 0.15) is 22.8 Å². The Hall–Kier alpha value is -2.29. The van der Waals surface area contributed by atoms with Gasteiger partial charge in [0, 0.05) is 36.1 Å². The fourth-order valence-electron chi connectivity index (χ4n) is 1.90. The number of nitrogens with one attached hydrogen (secondary N) is 2. The lowest BCUT2D eigenvalue weighted by molar-refractivity contribution is 0.103. The van der Waals surface area contributed by atoms with Crippen molar-refractivity contribution >= 4 is 17.2 Å². The summed E-state index contributed by atoms with van der Waals surface area (Å²) in [6, 6.07) is 15.1. The predicted molar refractivity (Wildman–Crippen MR) is 80.0 cm³/mol. The lowest BCUT2D eigenvalue weighted by Crippen LogP contribution is -2.02. The first-order chi connectivity index (χ1) is 9.24. The summed E-state index contributed by atoms with van der Waals surface area (Å²) in [5.74, 6) is 0.0469. The van der Waals surface area contributed by atoms with Gasteiger partial charge < -0.3 is 10.6 Å². The van der Waals surface area contributed by atoms with Gasteiger partial charge in [-0.2, -0.15) is 0 Å². The smallest absolute Gasteiger partial charge is 0.193 e. The van der Waals surface area contributed by atoms with E-state index in [9.17, 15) is 4.79 Å². The van der Waals surface area contributed by atoms with Crippen LogP contribution in [-0.4, -0.2) is 19.4 Å². The monoisotopic (exact) mass is 254 g/mol. The quantitative estimate of drug-likeness (QED) is 0.804. The van der Waals surface area contributed by atoms with Crippen molar-refractivity contribution in [2.45, 2.75) is 6.92 Å². The van der Waals surface area contributed by atoms with Crippen molar-refractivity contribution in [1.29, 1.82) is 0 Å². The van der Waals surface area contributed by atoms with E-state index in [4.69, 9.17) is 0 Å². The van der Waals surface area contributed by atoms with Crippen molar-refractivity contribution in [2.75, 3.05) is 24.2 Å². The molecule has 0 spiro atoms. The van der Waals surface area contributed by atoms with Gasteiger partial charge in [-0.3, -0.25) is 4.79 Å². The molecule has 2 aromatic rings.